The predicted octanol–water partition coefficient (Wildman–Crippen LogP) is 4.01. The maximum absolute atomic E-state index is 12.6. The van der Waals surface area contributed by atoms with Crippen molar-refractivity contribution in [2.75, 3.05) is 16.2 Å². The first-order chi connectivity index (χ1) is 13.5. The van der Waals surface area contributed by atoms with Gasteiger partial charge in [-0.15, -0.1) is 0 Å². The number of aromatic nitrogens is 1. The Labute approximate surface area is 166 Å². The van der Waals surface area contributed by atoms with Crippen LogP contribution in [-0.4, -0.2) is 19.9 Å². The standard InChI is InChI=1S/C22H23N3O2S/c1-2-17-7-10-21(11-8-17)28(26,27)24-22-12-9-20(15-23-22)25-14-13-18-5-3-4-6-19(18)16-25/h3-12,15H,2,13-14,16H2,1H3,(H,23,24). The Morgan fingerprint density at radius 3 is 2.43 bits per heavy atom. The third kappa shape index (κ3) is 3.87. The fourth-order valence-electron chi connectivity index (χ4n) is 3.45. The van der Waals surface area contributed by atoms with Gasteiger partial charge in [-0.3, -0.25) is 4.72 Å². The number of nitrogens with one attached hydrogen (secondary N) is 1. The largest absolute Gasteiger partial charge is 0.366 e. The minimum absolute atomic E-state index is 0.239. The molecule has 0 unspecified atom stereocenters. The number of sulfonamides is 1. The highest BCUT2D eigenvalue weighted by Gasteiger charge is 2.18. The lowest BCUT2D eigenvalue weighted by Crippen LogP contribution is -2.30. The van der Waals surface area contributed by atoms with E-state index in [1.807, 2.05) is 25.1 Å². The van der Waals surface area contributed by atoms with E-state index in [0.717, 1.165) is 37.2 Å². The zero-order valence-corrected chi connectivity index (χ0v) is 16.6. The van der Waals surface area contributed by atoms with Gasteiger partial charge in [-0.05, 0) is 53.8 Å². The summed E-state index contributed by atoms with van der Waals surface area (Å²) < 4.78 is 27.7. The van der Waals surface area contributed by atoms with Crippen molar-refractivity contribution in [1.29, 1.82) is 0 Å². The van der Waals surface area contributed by atoms with E-state index in [1.165, 1.54) is 11.1 Å². The summed E-state index contributed by atoms with van der Waals surface area (Å²) in [7, 11) is -3.64. The number of benzene rings is 2. The average molecular weight is 394 g/mol. The summed E-state index contributed by atoms with van der Waals surface area (Å²) in [6.07, 6.45) is 3.60. The van der Waals surface area contributed by atoms with Crippen LogP contribution in [0.15, 0.2) is 71.8 Å². The molecule has 4 rings (SSSR count). The van der Waals surface area contributed by atoms with E-state index < -0.39 is 10.0 Å². The molecule has 0 spiro atoms. The summed E-state index contributed by atoms with van der Waals surface area (Å²) in [5.74, 6) is 0.320. The van der Waals surface area contributed by atoms with Crippen LogP contribution in [0.3, 0.4) is 0 Å². The first-order valence-electron chi connectivity index (χ1n) is 9.45. The van der Waals surface area contributed by atoms with Gasteiger partial charge >= 0.3 is 0 Å². The predicted molar refractivity (Wildman–Crippen MR) is 112 cm³/mol. The lowest BCUT2D eigenvalue weighted by Gasteiger charge is -2.30. The van der Waals surface area contributed by atoms with Crippen LogP contribution in [-0.2, 0) is 29.4 Å². The van der Waals surface area contributed by atoms with Crippen molar-refractivity contribution in [2.24, 2.45) is 0 Å². The fourth-order valence-corrected chi connectivity index (χ4v) is 4.46. The molecule has 0 saturated carbocycles. The van der Waals surface area contributed by atoms with Crippen molar-refractivity contribution in [3.63, 3.8) is 0 Å². The van der Waals surface area contributed by atoms with Gasteiger partial charge in [0.05, 0.1) is 16.8 Å². The zero-order valence-electron chi connectivity index (χ0n) is 15.8. The number of nitrogens with zero attached hydrogens (tertiary/aromatic N) is 2. The van der Waals surface area contributed by atoms with E-state index in [1.54, 1.807) is 24.4 Å². The van der Waals surface area contributed by atoms with Crippen LogP contribution in [0, 0.1) is 0 Å². The summed E-state index contributed by atoms with van der Waals surface area (Å²) in [6.45, 7) is 3.80. The van der Waals surface area contributed by atoms with Crippen LogP contribution in [0.5, 0.6) is 0 Å². The number of hydrogen-bond acceptors (Lipinski definition) is 4. The van der Waals surface area contributed by atoms with Gasteiger partial charge in [-0.1, -0.05) is 43.3 Å². The SMILES string of the molecule is CCc1ccc(S(=O)(=O)Nc2ccc(N3CCc4ccccc4C3)cn2)cc1. The highest BCUT2D eigenvalue weighted by atomic mass is 32.2. The molecule has 0 fully saturated rings. The molecule has 1 aliphatic heterocycles. The summed E-state index contributed by atoms with van der Waals surface area (Å²) in [5.41, 5.74) is 4.81. The minimum Gasteiger partial charge on any atom is -0.366 e. The van der Waals surface area contributed by atoms with E-state index >= 15 is 0 Å². The molecule has 0 amide bonds. The Morgan fingerprint density at radius 2 is 1.75 bits per heavy atom. The first kappa shape index (κ1) is 18.5. The fraction of sp³-hybridized carbons (Fsp3) is 0.227. The molecule has 2 heterocycles. The van der Waals surface area contributed by atoms with E-state index in [0.29, 0.717) is 5.82 Å². The minimum atomic E-state index is -3.64. The van der Waals surface area contributed by atoms with Crippen molar-refractivity contribution < 1.29 is 8.42 Å². The number of hydrogen-bond donors (Lipinski definition) is 1. The monoisotopic (exact) mass is 393 g/mol. The molecule has 1 aromatic heterocycles. The van der Waals surface area contributed by atoms with Gasteiger partial charge in [-0.25, -0.2) is 13.4 Å². The van der Waals surface area contributed by atoms with Gasteiger partial charge in [0.2, 0.25) is 0 Å². The Morgan fingerprint density at radius 1 is 1.00 bits per heavy atom. The Kier molecular flexibility index (Phi) is 5.05. The topological polar surface area (TPSA) is 62.3 Å². The quantitative estimate of drug-likeness (QED) is 0.711. The summed E-state index contributed by atoms with van der Waals surface area (Å²) in [4.78, 5) is 6.82. The van der Waals surface area contributed by atoms with Gasteiger partial charge in [0.15, 0.2) is 0 Å². The number of rotatable bonds is 5. The van der Waals surface area contributed by atoms with Crippen LogP contribution in [0.1, 0.15) is 23.6 Å². The van der Waals surface area contributed by atoms with Gasteiger partial charge in [0.1, 0.15) is 5.82 Å². The molecule has 0 bridgehead atoms. The number of fused-ring (bicyclic) bond motifs is 1. The molecule has 0 aliphatic carbocycles. The molecule has 2 aromatic carbocycles. The maximum Gasteiger partial charge on any atom is 0.263 e. The molecule has 3 aromatic rings. The Bertz CT molecular complexity index is 1060. The van der Waals surface area contributed by atoms with Crippen molar-refractivity contribution in [3.05, 3.63) is 83.6 Å². The van der Waals surface area contributed by atoms with Gasteiger partial charge in [-0.2, -0.15) is 0 Å². The van der Waals surface area contributed by atoms with Gasteiger partial charge in [0.25, 0.3) is 10.0 Å². The first-order valence-corrected chi connectivity index (χ1v) is 10.9. The molecule has 0 radical (unpaired) electrons. The van der Waals surface area contributed by atoms with Crippen LogP contribution >= 0.6 is 0 Å². The third-order valence-corrected chi connectivity index (χ3v) is 6.50. The molecule has 1 aliphatic rings. The highest BCUT2D eigenvalue weighted by molar-refractivity contribution is 7.92. The van der Waals surface area contributed by atoms with Crippen molar-refractivity contribution in [2.45, 2.75) is 31.2 Å². The number of anilines is 2. The smallest absolute Gasteiger partial charge is 0.263 e. The van der Waals surface area contributed by atoms with Crippen LogP contribution < -0.4 is 9.62 Å². The van der Waals surface area contributed by atoms with E-state index in [9.17, 15) is 8.42 Å². The van der Waals surface area contributed by atoms with Gasteiger partial charge in [0, 0.05) is 13.1 Å². The molecule has 28 heavy (non-hydrogen) atoms. The highest BCUT2D eigenvalue weighted by Crippen LogP contribution is 2.25. The summed E-state index contributed by atoms with van der Waals surface area (Å²) in [5, 5.41) is 0. The van der Waals surface area contributed by atoms with Gasteiger partial charge < -0.3 is 4.90 Å². The second-order valence-corrected chi connectivity index (χ2v) is 8.63. The molecule has 0 saturated heterocycles. The Hall–Kier alpha value is -2.86. The van der Waals surface area contributed by atoms with Crippen LogP contribution in [0.4, 0.5) is 11.5 Å². The van der Waals surface area contributed by atoms with E-state index in [4.69, 9.17) is 0 Å². The lowest BCUT2D eigenvalue weighted by molar-refractivity contribution is 0.601. The van der Waals surface area contributed by atoms with E-state index in [-0.39, 0.29) is 4.90 Å². The molecule has 1 N–H and O–H groups in total. The van der Waals surface area contributed by atoms with Crippen molar-refractivity contribution in [1.82, 2.24) is 4.98 Å². The molecular formula is C22H23N3O2S. The third-order valence-electron chi connectivity index (χ3n) is 5.12. The average Bonchev–Trinajstić information content (AvgIpc) is 2.74. The zero-order chi connectivity index (χ0) is 19.6. The molecule has 0 atom stereocenters. The molecule has 144 valence electrons. The van der Waals surface area contributed by atoms with Crippen LogP contribution in [0.25, 0.3) is 0 Å². The number of aryl methyl sites for hydroxylation is 1. The van der Waals surface area contributed by atoms with Crippen LogP contribution in [0.2, 0.25) is 0 Å². The molecule has 6 heteroatoms. The lowest BCUT2D eigenvalue weighted by atomic mass is 10.00. The maximum atomic E-state index is 12.6. The summed E-state index contributed by atoms with van der Waals surface area (Å²) in [6, 6.07) is 19.0. The second kappa shape index (κ2) is 7.64. The summed E-state index contributed by atoms with van der Waals surface area (Å²) >= 11 is 0. The normalized spacial score (nSPS) is 13.8. The van der Waals surface area contributed by atoms with Crippen molar-refractivity contribution in [3.8, 4) is 0 Å². The molecular weight excluding hydrogens is 370 g/mol. The second-order valence-electron chi connectivity index (χ2n) is 6.94. The van der Waals surface area contributed by atoms with E-state index in [2.05, 4.69) is 38.9 Å². The molecule has 5 nitrogen and oxygen atoms in total. The number of pyridine rings is 1. The van der Waals surface area contributed by atoms with Crippen molar-refractivity contribution >= 4 is 21.5 Å². The Balaban J connectivity index is 1.47.